The maximum Gasteiger partial charge on any atom is 0.279 e. The van der Waals surface area contributed by atoms with Crippen molar-refractivity contribution in [1.29, 1.82) is 0 Å². The van der Waals surface area contributed by atoms with Crippen LogP contribution in [0.5, 0.6) is 0 Å². The van der Waals surface area contributed by atoms with Crippen LogP contribution in [0.2, 0.25) is 0 Å². The average Bonchev–Trinajstić information content (AvgIpc) is 2.03. The van der Waals surface area contributed by atoms with Gasteiger partial charge in [-0.2, -0.15) is 12.7 Å². The molecular formula is C7H19N3O2S. The molecule has 0 aliphatic heterocycles. The zero-order valence-electron chi connectivity index (χ0n) is 8.66. The van der Waals surface area contributed by atoms with E-state index in [9.17, 15) is 8.42 Å². The van der Waals surface area contributed by atoms with Gasteiger partial charge in [0.1, 0.15) is 0 Å². The second-order valence-corrected chi connectivity index (χ2v) is 5.27. The van der Waals surface area contributed by atoms with Gasteiger partial charge >= 0.3 is 0 Å². The van der Waals surface area contributed by atoms with Gasteiger partial charge in [0, 0.05) is 25.7 Å². The summed E-state index contributed by atoms with van der Waals surface area (Å²) in [4.78, 5) is 0. The molecule has 3 N–H and O–H groups in total. The Morgan fingerprint density at radius 3 is 2.23 bits per heavy atom. The highest BCUT2D eigenvalue weighted by molar-refractivity contribution is 7.87. The van der Waals surface area contributed by atoms with Crippen LogP contribution in [0.3, 0.4) is 0 Å². The molecule has 0 radical (unpaired) electrons. The minimum absolute atomic E-state index is 0.286. The summed E-state index contributed by atoms with van der Waals surface area (Å²) in [5, 5.41) is 0. The molecule has 0 heterocycles. The van der Waals surface area contributed by atoms with Crippen molar-refractivity contribution < 1.29 is 8.42 Å². The van der Waals surface area contributed by atoms with Crippen LogP contribution in [0.4, 0.5) is 0 Å². The lowest BCUT2D eigenvalue weighted by Gasteiger charge is -2.33. The first-order chi connectivity index (χ1) is 5.78. The molecule has 0 fully saturated rings. The summed E-state index contributed by atoms with van der Waals surface area (Å²) in [5.41, 5.74) is 4.91. The predicted molar refractivity (Wildman–Crippen MR) is 53.5 cm³/mol. The lowest BCUT2D eigenvalue weighted by atomic mass is 10.1. The van der Waals surface area contributed by atoms with E-state index in [1.54, 1.807) is 20.8 Å². The van der Waals surface area contributed by atoms with Crippen molar-refractivity contribution in [3.8, 4) is 0 Å². The van der Waals surface area contributed by atoms with Crippen molar-refractivity contribution in [2.45, 2.75) is 26.3 Å². The minimum Gasteiger partial charge on any atom is -0.329 e. The molecule has 13 heavy (non-hydrogen) atoms. The third-order valence-corrected chi connectivity index (χ3v) is 3.91. The van der Waals surface area contributed by atoms with Gasteiger partial charge in [0.2, 0.25) is 0 Å². The van der Waals surface area contributed by atoms with E-state index < -0.39 is 15.7 Å². The summed E-state index contributed by atoms with van der Waals surface area (Å²) >= 11 is 0. The zero-order chi connectivity index (χ0) is 10.7. The van der Waals surface area contributed by atoms with Crippen molar-refractivity contribution in [1.82, 2.24) is 9.03 Å². The van der Waals surface area contributed by atoms with Gasteiger partial charge < -0.3 is 5.73 Å². The van der Waals surface area contributed by atoms with Gasteiger partial charge in [0.05, 0.1) is 0 Å². The Morgan fingerprint density at radius 1 is 1.46 bits per heavy atom. The molecule has 0 atom stereocenters. The van der Waals surface area contributed by atoms with Crippen molar-refractivity contribution in [3.05, 3.63) is 0 Å². The standard InChI is InChI=1S/C7H19N3O2S/c1-5-9-13(11,12)10(4)7(2,3)6-8/h9H,5-6,8H2,1-4H3. The Labute approximate surface area is 80.5 Å². The lowest BCUT2D eigenvalue weighted by Crippen LogP contribution is -2.53. The maximum absolute atomic E-state index is 11.5. The molecule has 5 nitrogen and oxygen atoms in total. The Kier molecular flexibility index (Phi) is 4.31. The topological polar surface area (TPSA) is 75.4 Å². The number of nitrogens with one attached hydrogen (secondary N) is 1. The molecule has 0 aliphatic carbocycles. The summed E-state index contributed by atoms with van der Waals surface area (Å²) in [5.74, 6) is 0. The summed E-state index contributed by atoms with van der Waals surface area (Å²) in [6, 6.07) is 0. The third kappa shape index (κ3) is 3.22. The quantitative estimate of drug-likeness (QED) is 0.641. The van der Waals surface area contributed by atoms with Crippen LogP contribution in [-0.4, -0.2) is 38.4 Å². The van der Waals surface area contributed by atoms with Gasteiger partial charge in [0.25, 0.3) is 10.2 Å². The fourth-order valence-electron chi connectivity index (χ4n) is 0.733. The van der Waals surface area contributed by atoms with Gasteiger partial charge in [-0.3, -0.25) is 0 Å². The van der Waals surface area contributed by atoms with Gasteiger partial charge in [0.15, 0.2) is 0 Å². The highest BCUT2D eigenvalue weighted by Crippen LogP contribution is 2.13. The molecule has 0 aromatic rings. The average molecular weight is 209 g/mol. The van der Waals surface area contributed by atoms with E-state index in [4.69, 9.17) is 5.73 Å². The minimum atomic E-state index is -3.38. The number of hydrogen-bond acceptors (Lipinski definition) is 3. The first-order valence-corrected chi connectivity index (χ1v) is 5.65. The summed E-state index contributed by atoms with van der Waals surface area (Å²) in [6.07, 6.45) is 0. The van der Waals surface area contributed by atoms with Crippen molar-refractivity contribution in [2.75, 3.05) is 20.1 Å². The van der Waals surface area contributed by atoms with E-state index >= 15 is 0 Å². The highest BCUT2D eigenvalue weighted by atomic mass is 32.2. The Balaban J connectivity index is 4.69. The molecule has 0 saturated heterocycles. The first kappa shape index (κ1) is 12.8. The number of rotatable bonds is 5. The number of nitrogens with zero attached hydrogens (tertiary/aromatic N) is 1. The Bertz CT molecular complexity index is 248. The molecule has 0 spiro atoms. The molecule has 0 rings (SSSR count). The van der Waals surface area contributed by atoms with Gasteiger partial charge in [-0.05, 0) is 13.8 Å². The van der Waals surface area contributed by atoms with Crippen LogP contribution in [-0.2, 0) is 10.2 Å². The molecule has 0 amide bonds. The summed E-state index contributed by atoms with van der Waals surface area (Å²) in [7, 11) is -1.86. The van der Waals surface area contributed by atoms with E-state index in [-0.39, 0.29) is 6.54 Å². The van der Waals surface area contributed by atoms with Gasteiger partial charge in [-0.15, -0.1) is 0 Å². The van der Waals surface area contributed by atoms with E-state index in [1.165, 1.54) is 11.4 Å². The highest BCUT2D eigenvalue weighted by Gasteiger charge is 2.30. The lowest BCUT2D eigenvalue weighted by molar-refractivity contribution is 0.271. The van der Waals surface area contributed by atoms with E-state index in [2.05, 4.69) is 4.72 Å². The summed E-state index contributed by atoms with van der Waals surface area (Å²) in [6.45, 7) is 5.96. The molecule has 0 saturated carbocycles. The fraction of sp³-hybridized carbons (Fsp3) is 1.00. The molecule has 80 valence electrons. The van der Waals surface area contributed by atoms with E-state index in [1.807, 2.05) is 0 Å². The van der Waals surface area contributed by atoms with Gasteiger partial charge in [-0.25, -0.2) is 4.72 Å². The molecular weight excluding hydrogens is 190 g/mol. The number of likely N-dealkylation sites (N-methyl/N-ethyl adjacent to an activating group) is 1. The second-order valence-electron chi connectivity index (χ2n) is 3.49. The maximum atomic E-state index is 11.5. The summed E-state index contributed by atoms with van der Waals surface area (Å²) < 4.78 is 26.6. The third-order valence-electron chi connectivity index (χ3n) is 2.04. The van der Waals surface area contributed by atoms with E-state index in [0.29, 0.717) is 6.54 Å². The zero-order valence-corrected chi connectivity index (χ0v) is 9.48. The Morgan fingerprint density at radius 2 is 1.92 bits per heavy atom. The van der Waals surface area contributed by atoms with Crippen LogP contribution in [0.1, 0.15) is 20.8 Å². The molecule has 0 aromatic carbocycles. The monoisotopic (exact) mass is 209 g/mol. The molecule has 0 unspecified atom stereocenters. The predicted octanol–water partition coefficient (Wildman–Crippen LogP) is -0.490. The molecule has 6 heteroatoms. The molecule has 0 aliphatic rings. The molecule has 0 aromatic heterocycles. The second kappa shape index (κ2) is 4.36. The van der Waals surface area contributed by atoms with Crippen LogP contribution < -0.4 is 10.5 Å². The first-order valence-electron chi connectivity index (χ1n) is 4.21. The largest absolute Gasteiger partial charge is 0.329 e. The normalized spacial score (nSPS) is 13.7. The molecule has 0 bridgehead atoms. The van der Waals surface area contributed by atoms with E-state index in [0.717, 1.165) is 0 Å². The smallest absolute Gasteiger partial charge is 0.279 e. The number of hydrogen-bond donors (Lipinski definition) is 2. The van der Waals surface area contributed by atoms with Crippen LogP contribution in [0.25, 0.3) is 0 Å². The SMILES string of the molecule is CCNS(=O)(=O)N(C)C(C)(C)CN. The van der Waals surface area contributed by atoms with Crippen molar-refractivity contribution >= 4 is 10.2 Å². The van der Waals surface area contributed by atoms with Crippen LogP contribution in [0.15, 0.2) is 0 Å². The number of nitrogens with two attached hydrogens (primary N) is 1. The van der Waals surface area contributed by atoms with Crippen LogP contribution >= 0.6 is 0 Å². The van der Waals surface area contributed by atoms with Crippen LogP contribution in [0, 0.1) is 0 Å². The van der Waals surface area contributed by atoms with Crippen molar-refractivity contribution in [3.63, 3.8) is 0 Å². The van der Waals surface area contributed by atoms with Crippen molar-refractivity contribution in [2.24, 2.45) is 5.73 Å². The fourth-order valence-corrected chi connectivity index (χ4v) is 2.02. The Hall–Kier alpha value is -0.170. The van der Waals surface area contributed by atoms with Gasteiger partial charge in [-0.1, -0.05) is 6.92 Å².